The lowest BCUT2D eigenvalue weighted by Gasteiger charge is -2.29. The first-order chi connectivity index (χ1) is 44.1. The van der Waals surface area contributed by atoms with E-state index in [1.54, 1.807) is 0 Å². The number of rotatable bonds is 10. The molecule has 0 unspecified atom stereocenters. The summed E-state index contributed by atoms with van der Waals surface area (Å²) in [5.74, 6) is 0. The maximum absolute atomic E-state index is 2.49. The highest BCUT2D eigenvalue weighted by Gasteiger charge is 2.37. The molecule has 0 saturated heterocycles. The largest absolute Gasteiger partial charge is 0.310 e. The Hall–Kier alpha value is -10.8. The Morgan fingerprint density at radius 2 is 0.689 bits per heavy atom. The summed E-state index contributed by atoms with van der Waals surface area (Å²) in [7, 11) is 0. The third-order valence-electron chi connectivity index (χ3n) is 20.1. The number of hydrogen-bond acceptors (Lipinski definition) is 2. The normalized spacial score (nSPS) is 13.9. The van der Waals surface area contributed by atoms with Gasteiger partial charge in [0.2, 0.25) is 0 Å². The molecule has 14 aromatic carbocycles. The molecule has 0 heterocycles. The van der Waals surface area contributed by atoms with Crippen LogP contribution in [-0.4, -0.2) is 0 Å². The molecule has 0 N–H and O–H groups in total. The molecule has 428 valence electrons. The highest BCUT2D eigenvalue weighted by atomic mass is 15.1. The minimum atomic E-state index is -0.0776. The van der Waals surface area contributed by atoms with E-state index < -0.39 is 0 Å². The second kappa shape index (κ2) is 20.9. The SMILES string of the molecule is CC1(C)c2ccccc2-c2ccc(-c3ccc(N(c4ccccc4)c4ccc5c(-c6ccc7ccccc7c6)c6cc(N(c7ccccc7)c7ccc(-c8ccc9c(c8)C(C)(C)c8ccccc8-9)cc7)ccc6c(C6=Cc7ccccc7CC6)c5c4)cc3)cc21. The van der Waals surface area contributed by atoms with Gasteiger partial charge in [-0.2, -0.15) is 0 Å². The van der Waals surface area contributed by atoms with Crippen molar-refractivity contribution in [1.82, 2.24) is 0 Å². The Labute approximate surface area is 528 Å². The summed E-state index contributed by atoms with van der Waals surface area (Å²) in [5, 5.41) is 7.34. The third kappa shape index (κ3) is 8.68. The van der Waals surface area contributed by atoms with E-state index in [1.807, 2.05) is 0 Å². The molecular formula is C88H66N2. The van der Waals surface area contributed by atoms with Crippen molar-refractivity contribution in [2.24, 2.45) is 0 Å². The average Bonchev–Trinajstić information content (AvgIpc) is 1.69. The topological polar surface area (TPSA) is 6.48 Å². The lowest BCUT2D eigenvalue weighted by Crippen LogP contribution is -2.14. The van der Waals surface area contributed by atoms with Crippen molar-refractivity contribution < 1.29 is 0 Å². The van der Waals surface area contributed by atoms with E-state index in [4.69, 9.17) is 0 Å². The van der Waals surface area contributed by atoms with Crippen molar-refractivity contribution in [2.75, 3.05) is 9.80 Å². The fraction of sp³-hybridized carbons (Fsp3) is 0.0909. The molecule has 0 aliphatic heterocycles. The van der Waals surface area contributed by atoms with Gasteiger partial charge >= 0.3 is 0 Å². The summed E-state index contributed by atoms with van der Waals surface area (Å²) in [6, 6.07) is 112. The van der Waals surface area contributed by atoms with Crippen molar-refractivity contribution in [3.8, 4) is 55.6 Å². The van der Waals surface area contributed by atoms with E-state index in [0.29, 0.717) is 0 Å². The summed E-state index contributed by atoms with van der Waals surface area (Å²) in [4.78, 5) is 4.88. The van der Waals surface area contributed by atoms with Gasteiger partial charge in [0.1, 0.15) is 0 Å². The molecule has 0 fully saturated rings. The Morgan fingerprint density at radius 1 is 0.267 bits per heavy atom. The van der Waals surface area contributed by atoms with Gasteiger partial charge in [-0.1, -0.05) is 240 Å². The Bertz CT molecular complexity index is 5220. The minimum absolute atomic E-state index is 0.0771. The zero-order valence-electron chi connectivity index (χ0n) is 51.2. The number of fused-ring (bicyclic) bond motifs is 10. The lowest BCUT2D eigenvalue weighted by molar-refractivity contribution is 0.660. The van der Waals surface area contributed by atoms with E-state index in [9.17, 15) is 0 Å². The molecule has 0 bridgehead atoms. The number of benzene rings is 14. The summed E-state index contributed by atoms with van der Waals surface area (Å²) in [6.45, 7) is 9.45. The van der Waals surface area contributed by atoms with E-state index in [0.717, 1.165) is 47.0 Å². The second-order valence-corrected chi connectivity index (χ2v) is 25.9. The molecule has 3 aliphatic carbocycles. The van der Waals surface area contributed by atoms with Gasteiger partial charge in [0, 0.05) is 45.0 Å². The lowest BCUT2D eigenvalue weighted by atomic mass is 9.81. The first-order valence-electron chi connectivity index (χ1n) is 31.8. The van der Waals surface area contributed by atoms with Crippen LogP contribution >= 0.6 is 0 Å². The van der Waals surface area contributed by atoms with Crippen molar-refractivity contribution in [3.63, 3.8) is 0 Å². The van der Waals surface area contributed by atoms with E-state index in [2.05, 4.69) is 341 Å². The van der Waals surface area contributed by atoms with Gasteiger partial charge in [0.15, 0.2) is 0 Å². The summed E-state index contributed by atoms with van der Waals surface area (Å²) >= 11 is 0. The highest BCUT2D eigenvalue weighted by Crippen LogP contribution is 2.53. The van der Waals surface area contributed by atoms with Crippen LogP contribution in [0.5, 0.6) is 0 Å². The van der Waals surface area contributed by atoms with Crippen LogP contribution in [0.3, 0.4) is 0 Å². The standard InChI is InChI=1S/C88H66N2/c1-87(2)81-29-17-15-27-73(81)75-47-39-63(53-83(75)87)59-35-41-69(42-36-59)89(67-23-7-5-8-24-67)71-45-49-77-79(55-71)85(65-33-31-57-19-11-13-21-61(57)51-65)78-50-46-72(56-80(78)86(77)66-34-32-58-20-12-14-22-62(58)52-66)90(68-25-9-6-10-26-68)70-43-37-60(38-44-70)64-40-48-76-74-28-16-18-30-82(74)88(3,4)84(76)54-64/h5-31,33,35-56H,32,34H2,1-4H3. The number of para-hydroxylation sites is 2. The first-order valence-corrected chi connectivity index (χ1v) is 31.8. The average molecular weight is 1150 g/mol. The fourth-order valence-corrected chi connectivity index (χ4v) is 15.5. The molecule has 3 aliphatic rings. The molecule has 17 rings (SSSR count). The maximum atomic E-state index is 2.49. The number of nitrogens with zero attached hydrogens (tertiary/aromatic N) is 2. The van der Waals surface area contributed by atoms with E-state index in [1.165, 1.54) is 132 Å². The van der Waals surface area contributed by atoms with Crippen LogP contribution in [0, 0.1) is 0 Å². The molecular weight excluding hydrogens is 1080 g/mol. The van der Waals surface area contributed by atoms with Crippen molar-refractivity contribution in [3.05, 3.63) is 336 Å². The van der Waals surface area contributed by atoms with Crippen LogP contribution in [0.15, 0.2) is 297 Å². The molecule has 2 heteroatoms. The van der Waals surface area contributed by atoms with Crippen molar-refractivity contribution in [1.29, 1.82) is 0 Å². The molecule has 0 amide bonds. The zero-order valence-corrected chi connectivity index (χ0v) is 51.2. The minimum Gasteiger partial charge on any atom is -0.310 e. The maximum Gasteiger partial charge on any atom is 0.0468 e. The highest BCUT2D eigenvalue weighted by molar-refractivity contribution is 6.21. The van der Waals surface area contributed by atoms with Crippen LogP contribution < -0.4 is 9.80 Å². The van der Waals surface area contributed by atoms with Gasteiger partial charge in [-0.15, -0.1) is 0 Å². The smallest absolute Gasteiger partial charge is 0.0468 e. The van der Waals surface area contributed by atoms with Crippen LogP contribution in [-0.2, 0) is 17.3 Å². The van der Waals surface area contributed by atoms with Crippen LogP contribution in [0.2, 0.25) is 0 Å². The number of allylic oxidation sites excluding steroid dienone is 1. The quantitative estimate of drug-likeness (QED) is 0.126. The number of hydrogen-bond donors (Lipinski definition) is 0. The summed E-state index contributed by atoms with van der Waals surface area (Å²) in [6.07, 6.45) is 4.38. The molecule has 90 heavy (non-hydrogen) atoms. The molecule has 14 aromatic rings. The molecule has 0 spiro atoms. The van der Waals surface area contributed by atoms with E-state index >= 15 is 0 Å². The monoisotopic (exact) mass is 1150 g/mol. The van der Waals surface area contributed by atoms with E-state index in [-0.39, 0.29) is 10.8 Å². The van der Waals surface area contributed by atoms with Gasteiger partial charge < -0.3 is 9.80 Å². The summed E-state index contributed by atoms with van der Waals surface area (Å²) < 4.78 is 0. The van der Waals surface area contributed by atoms with Crippen molar-refractivity contribution in [2.45, 2.75) is 51.4 Å². The Morgan fingerprint density at radius 3 is 1.26 bits per heavy atom. The van der Waals surface area contributed by atoms with Gasteiger partial charge in [-0.05, 0) is 236 Å². The van der Waals surface area contributed by atoms with Crippen LogP contribution in [0.4, 0.5) is 34.1 Å². The number of anilines is 6. The fourth-order valence-electron chi connectivity index (χ4n) is 15.5. The predicted octanol–water partition coefficient (Wildman–Crippen LogP) is 24.2. The van der Waals surface area contributed by atoms with Gasteiger partial charge in [0.05, 0.1) is 0 Å². The predicted molar refractivity (Wildman–Crippen MR) is 382 cm³/mol. The molecule has 0 aromatic heterocycles. The summed E-state index contributed by atoms with van der Waals surface area (Å²) in [5.41, 5.74) is 30.0. The molecule has 0 radical (unpaired) electrons. The zero-order chi connectivity index (χ0) is 60.2. The Kier molecular flexibility index (Phi) is 12.4. The first kappa shape index (κ1) is 53.4. The van der Waals surface area contributed by atoms with Gasteiger partial charge in [-0.3, -0.25) is 0 Å². The Balaban J connectivity index is 0.844. The van der Waals surface area contributed by atoms with Crippen LogP contribution in [0.1, 0.15) is 73.1 Å². The molecule has 2 nitrogen and oxygen atoms in total. The van der Waals surface area contributed by atoms with Crippen molar-refractivity contribution >= 4 is 78.1 Å². The third-order valence-corrected chi connectivity index (χ3v) is 20.1. The molecule has 0 saturated carbocycles. The second-order valence-electron chi connectivity index (χ2n) is 25.9. The van der Waals surface area contributed by atoms with Crippen LogP contribution in [0.25, 0.3) is 99.6 Å². The van der Waals surface area contributed by atoms with Gasteiger partial charge in [-0.25, -0.2) is 0 Å². The molecule has 0 atom stereocenters. The van der Waals surface area contributed by atoms with Gasteiger partial charge in [0.25, 0.3) is 0 Å². The number of aryl methyl sites for hydroxylation is 1.